The van der Waals surface area contributed by atoms with E-state index < -0.39 is 18.0 Å². The number of carbonyl (C=O) groups is 2. The van der Waals surface area contributed by atoms with Gasteiger partial charge < -0.3 is 15.0 Å². The summed E-state index contributed by atoms with van der Waals surface area (Å²) < 4.78 is 5.85. The Hall–Kier alpha value is -1.31. The molecular weight excluding hydrogens is 368 g/mol. The third-order valence-corrected chi connectivity index (χ3v) is 5.18. The van der Waals surface area contributed by atoms with E-state index >= 15 is 0 Å². The van der Waals surface area contributed by atoms with Crippen LogP contribution in [0.5, 0.6) is 0 Å². The van der Waals surface area contributed by atoms with Crippen molar-refractivity contribution in [3.05, 3.63) is 29.3 Å². The number of anilines is 1. The molecule has 1 saturated heterocycles. The predicted molar refractivity (Wildman–Crippen MR) is 101 cm³/mol. The van der Waals surface area contributed by atoms with Crippen molar-refractivity contribution in [2.75, 3.05) is 24.2 Å². The number of rotatable bonds is 5. The number of thiocarbonyl (C=S) groups is 1. The molecule has 1 aromatic rings. The van der Waals surface area contributed by atoms with Gasteiger partial charge in [0.05, 0.1) is 5.75 Å². The van der Waals surface area contributed by atoms with Gasteiger partial charge in [0.25, 0.3) is 5.91 Å². The average molecular weight is 387 g/mol. The number of ether oxygens (including phenoxy) is 1. The molecule has 1 aliphatic heterocycles. The monoisotopic (exact) mass is 386 g/mol. The van der Waals surface area contributed by atoms with Crippen molar-refractivity contribution in [2.24, 2.45) is 0 Å². The van der Waals surface area contributed by atoms with Crippen LogP contribution in [-0.2, 0) is 14.3 Å². The Morgan fingerprint density at radius 3 is 2.79 bits per heavy atom. The number of esters is 1. The summed E-state index contributed by atoms with van der Waals surface area (Å²) in [6, 6.07) is 6.77. The van der Waals surface area contributed by atoms with Crippen LogP contribution in [0.1, 0.15) is 19.8 Å². The number of hydrogen-bond acceptors (Lipinski definition) is 5. The second-order valence-corrected chi connectivity index (χ2v) is 7.43. The normalized spacial score (nSPS) is 15.0. The predicted octanol–water partition coefficient (Wildman–Crippen LogP) is 3.32. The maximum Gasteiger partial charge on any atom is 0.317 e. The van der Waals surface area contributed by atoms with E-state index in [1.807, 2.05) is 0 Å². The highest BCUT2D eigenvalue weighted by Crippen LogP contribution is 2.17. The van der Waals surface area contributed by atoms with Gasteiger partial charge in [0.15, 0.2) is 6.10 Å². The van der Waals surface area contributed by atoms with Crippen LogP contribution >= 0.6 is 35.6 Å². The quantitative estimate of drug-likeness (QED) is 0.618. The lowest BCUT2D eigenvalue weighted by atomic mass is 10.3. The Balaban J connectivity index is 1.74. The van der Waals surface area contributed by atoms with E-state index in [2.05, 4.69) is 10.2 Å². The minimum Gasteiger partial charge on any atom is -0.452 e. The Labute approximate surface area is 156 Å². The van der Waals surface area contributed by atoms with Gasteiger partial charge in [-0.2, -0.15) is 0 Å². The maximum absolute atomic E-state index is 12.0. The van der Waals surface area contributed by atoms with Gasteiger partial charge >= 0.3 is 5.97 Å². The maximum atomic E-state index is 12.0. The van der Waals surface area contributed by atoms with E-state index in [-0.39, 0.29) is 5.75 Å². The lowest BCUT2D eigenvalue weighted by Gasteiger charge is -2.18. The molecule has 0 spiro atoms. The van der Waals surface area contributed by atoms with Crippen molar-refractivity contribution in [2.45, 2.75) is 25.9 Å². The zero-order valence-electron chi connectivity index (χ0n) is 13.3. The van der Waals surface area contributed by atoms with Crippen LogP contribution < -0.4 is 5.32 Å². The molecule has 1 N–H and O–H groups in total. The summed E-state index contributed by atoms with van der Waals surface area (Å²) in [5, 5.41) is 3.17. The Bertz CT molecular complexity index is 621. The fourth-order valence-corrected chi connectivity index (χ4v) is 3.43. The number of benzene rings is 1. The number of halogens is 1. The number of nitrogens with zero attached hydrogens (tertiary/aromatic N) is 1. The van der Waals surface area contributed by atoms with E-state index in [0.717, 1.165) is 25.9 Å². The molecule has 0 aromatic heterocycles. The van der Waals surface area contributed by atoms with Gasteiger partial charge in [-0.1, -0.05) is 41.6 Å². The van der Waals surface area contributed by atoms with Crippen LogP contribution in [0.15, 0.2) is 24.3 Å². The van der Waals surface area contributed by atoms with Gasteiger partial charge in [-0.05, 0) is 38.0 Å². The summed E-state index contributed by atoms with van der Waals surface area (Å²) in [5.74, 6) is -0.766. The molecule has 2 rings (SSSR count). The van der Waals surface area contributed by atoms with Crippen molar-refractivity contribution in [1.82, 2.24) is 4.90 Å². The number of likely N-dealkylation sites (tertiary alicyclic amines) is 1. The van der Waals surface area contributed by atoms with E-state index in [1.54, 1.807) is 24.3 Å². The minimum atomic E-state index is -0.891. The van der Waals surface area contributed by atoms with Crippen LogP contribution in [0.3, 0.4) is 0 Å². The van der Waals surface area contributed by atoms with Gasteiger partial charge in [0.2, 0.25) is 0 Å². The molecule has 0 bridgehead atoms. The van der Waals surface area contributed by atoms with Gasteiger partial charge in [0.1, 0.15) is 4.32 Å². The number of thioether (sulfide) groups is 1. The first-order valence-electron chi connectivity index (χ1n) is 7.63. The van der Waals surface area contributed by atoms with Crippen molar-refractivity contribution < 1.29 is 14.3 Å². The molecule has 0 aliphatic carbocycles. The molecule has 1 aliphatic rings. The summed E-state index contributed by atoms with van der Waals surface area (Å²) in [5.41, 5.74) is 0.556. The van der Waals surface area contributed by atoms with Crippen LogP contribution in [-0.4, -0.2) is 46.0 Å². The van der Waals surface area contributed by atoms with E-state index in [4.69, 9.17) is 28.6 Å². The Kier molecular flexibility index (Phi) is 7.33. The van der Waals surface area contributed by atoms with Gasteiger partial charge in [-0.25, -0.2) is 0 Å². The number of nitrogens with one attached hydrogen (secondary N) is 1. The second kappa shape index (κ2) is 9.25. The minimum absolute atomic E-state index is 0.101. The van der Waals surface area contributed by atoms with E-state index in [9.17, 15) is 9.59 Å². The van der Waals surface area contributed by atoms with Crippen molar-refractivity contribution in [3.8, 4) is 0 Å². The number of amides is 1. The zero-order valence-corrected chi connectivity index (χ0v) is 15.7. The lowest BCUT2D eigenvalue weighted by Crippen LogP contribution is -2.31. The molecule has 5 nitrogen and oxygen atoms in total. The van der Waals surface area contributed by atoms with Crippen LogP contribution in [0, 0.1) is 0 Å². The fourth-order valence-electron chi connectivity index (χ4n) is 2.21. The van der Waals surface area contributed by atoms with Crippen LogP contribution in [0.4, 0.5) is 5.69 Å². The molecule has 24 heavy (non-hydrogen) atoms. The lowest BCUT2D eigenvalue weighted by molar-refractivity contribution is -0.150. The van der Waals surface area contributed by atoms with Gasteiger partial charge in [0, 0.05) is 23.8 Å². The summed E-state index contributed by atoms with van der Waals surface area (Å²) in [7, 11) is 0. The third kappa shape index (κ3) is 5.96. The largest absolute Gasteiger partial charge is 0.452 e. The van der Waals surface area contributed by atoms with Crippen molar-refractivity contribution >= 4 is 57.5 Å². The highest BCUT2D eigenvalue weighted by Gasteiger charge is 2.20. The molecule has 1 aromatic carbocycles. The smallest absolute Gasteiger partial charge is 0.317 e. The Morgan fingerprint density at radius 2 is 2.12 bits per heavy atom. The molecule has 0 saturated carbocycles. The van der Waals surface area contributed by atoms with E-state index in [1.165, 1.54) is 18.7 Å². The standard InChI is InChI=1S/C16H19ClN2O3S2/c1-11(15(21)18-13-6-4-5-12(17)9-13)22-14(20)10-24-16(23)19-7-2-3-8-19/h4-6,9,11H,2-3,7-8,10H2,1H3,(H,18,21)/t11-/m1/s1. The number of hydrogen-bond donors (Lipinski definition) is 1. The zero-order chi connectivity index (χ0) is 17.5. The average Bonchev–Trinajstić information content (AvgIpc) is 3.07. The molecule has 1 fully saturated rings. The first-order valence-corrected chi connectivity index (χ1v) is 9.40. The van der Waals surface area contributed by atoms with Crippen LogP contribution in [0.2, 0.25) is 5.02 Å². The molecule has 1 atom stereocenters. The molecule has 0 unspecified atom stereocenters. The summed E-state index contributed by atoms with van der Waals surface area (Å²) >= 11 is 12.4. The summed E-state index contributed by atoms with van der Waals surface area (Å²) in [6.45, 7) is 3.42. The topological polar surface area (TPSA) is 58.6 Å². The first-order chi connectivity index (χ1) is 11.5. The highest BCUT2D eigenvalue weighted by atomic mass is 35.5. The van der Waals surface area contributed by atoms with Gasteiger partial charge in [-0.3, -0.25) is 9.59 Å². The first kappa shape index (κ1) is 19.0. The summed E-state index contributed by atoms with van der Waals surface area (Å²) in [4.78, 5) is 26.0. The van der Waals surface area contributed by atoms with E-state index in [0.29, 0.717) is 15.0 Å². The Morgan fingerprint density at radius 1 is 1.42 bits per heavy atom. The third-order valence-electron chi connectivity index (χ3n) is 3.45. The van der Waals surface area contributed by atoms with Crippen molar-refractivity contribution in [1.29, 1.82) is 0 Å². The molecule has 0 radical (unpaired) electrons. The van der Waals surface area contributed by atoms with Crippen LogP contribution in [0.25, 0.3) is 0 Å². The summed E-state index contributed by atoms with van der Waals surface area (Å²) in [6.07, 6.45) is 1.37. The fraction of sp³-hybridized carbons (Fsp3) is 0.438. The highest BCUT2D eigenvalue weighted by molar-refractivity contribution is 8.23. The second-order valence-electron chi connectivity index (χ2n) is 5.38. The molecule has 8 heteroatoms. The molecule has 1 amide bonds. The van der Waals surface area contributed by atoms with Crippen molar-refractivity contribution in [3.63, 3.8) is 0 Å². The van der Waals surface area contributed by atoms with Gasteiger partial charge in [-0.15, -0.1) is 0 Å². The number of carbonyl (C=O) groups excluding carboxylic acids is 2. The molecule has 1 heterocycles. The molecular formula is C16H19ClN2O3S2. The SMILES string of the molecule is C[C@@H](OC(=O)CSC(=S)N1CCCC1)C(=O)Nc1cccc(Cl)c1. The molecule has 130 valence electrons.